The molecule has 0 N–H and O–H groups in total. The Balaban J connectivity index is 1.35. The summed E-state index contributed by atoms with van der Waals surface area (Å²) in [6.45, 7) is 14.2. The molecule has 0 aliphatic carbocycles. The van der Waals surface area contributed by atoms with Crippen LogP contribution in [0.25, 0.3) is 0 Å². The Morgan fingerprint density at radius 3 is 2.55 bits per heavy atom. The summed E-state index contributed by atoms with van der Waals surface area (Å²) in [5.41, 5.74) is 1.60. The summed E-state index contributed by atoms with van der Waals surface area (Å²) in [7, 11) is 0. The third kappa shape index (κ3) is 5.33. The molecule has 0 radical (unpaired) electrons. The van der Waals surface area contributed by atoms with Crippen LogP contribution in [0.3, 0.4) is 0 Å². The fourth-order valence-electron chi connectivity index (χ4n) is 3.96. The maximum absolute atomic E-state index is 13.1. The van der Waals surface area contributed by atoms with Gasteiger partial charge in [0.1, 0.15) is 11.5 Å². The quantitative estimate of drug-likeness (QED) is 0.545. The minimum atomic E-state index is -0.0827. The number of carbonyl (C=O) groups excluding carboxylic acids is 1. The number of furan rings is 1. The molecule has 0 spiro atoms. The van der Waals surface area contributed by atoms with Gasteiger partial charge in [-0.3, -0.25) is 14.4 Å². The summed E-state index contributed by atoms with van der Waals surface area (Å²) in [4.78, 5) is 21.6. The topological polar surface area (TPSA) is 80.5 Å². The lowest BCUT2D eigenvalue weighted by Gasteiger charge is -2.20. The largest absolute Gasteiger partial charge is 0.454 e. The van der Waals surface area contributed by atoms with Crippen molar-refractivity contribution < 1.29 is 13.6 Å². The van der Waals surface area contributed by atoms with Crippen molar-refractivity contribution in [1.82, 2.24) is 24.6 Å². The number of hydrogen-bond acceptors (Lipinski definition) is 6. The van der Waals surface area contributed by atoms with Gasteiger partial charge in [-0.25, -0.2) is 4.98 Å². The van der Waals surface area contributed by atoms with Gasteiger partial charge in [-0.1, -0.05) is 32.4 Å². The number of hydrogen-bond donors (Lipinski definition) is 0. The minimum Gasteiger partial charge on any atom is -0.454 e. The van der Waals surface area contributed by atoms with E-state index in [1.54, 1.807) is 10.7 Å². The highest BCUT2D eigenvalue weighted by Gasteiger charge is 2.25. The maximum Gasteiger partial charge on any atom is 0.289 e. The molecular formula is C24H32ClN5O3. The van der Waals surface area contributed by atoms with Crippen molar-refractivity contribution in [2.45, 2.75) is 59.5 Å². The molecule has 178 valence electrons. The molecule has 1 saturated heterocycles. The molecule has 33 heavy (non-hydrogen) atoms. The fourth-order valence-corrected chi connectivity index (χ4v) is 4.10. The van der Waals surface area contributed by atoms with Crippen LogP contribution in [0.5, 0.6) is 0 Å². The summed E-state index contributed by atoms with van der Waals surface area (Å²) in [6.07, 6.45) is 2.70. The fraction of sp³-hybridized carbons (Fsp3) is 0.542. The molecule has 0 aromatic carbocycles. The van der Waals surface area contributed by atoms with Crippen LogP contribution in [0.4, 0.5) is 0 Å². The number of aryl methyl sites for hydroxylation is 1. The zero-order chi connectivity index (χ0) is 23.8. The van der Waals surface area contributed by atoms with Crippen LogP contribution < -0.4 is 0 Å². The molecule has 0 bridgehead atoms. The number of halogens is 1. The number of rotatable bonds is 5. The second-order valence-corrected chi connectivity index (χ2v) is 10.1. The van der Waals surface area contributed by atoms with Crippen LogP contribution in [-0.2, 0) is 18.5 Å². The predicted molar refractivity (Wildman–Crippen MR) is 126 cm³/mol. The van der Waals surface area contributed by atoms with Crippen LogP contribution in [0.1, 0.15) is 66.5 Å². The summed E-state index contributed by atoms with van der Waals surface area (Å²) < 4.78 is 13.6. The highest BCUT2D eigenvalue weighted by Crippen LogP contribution is 2.24. The predicted octanol–water partition coefficient (Wildman–Crippen LogP) is 4.43. The van der Waals surface area contributed by atoms with E-state index in [4.69, 9.17) is 20.4 Å². The molecule has 1 aliphatic heterocycles. The maximum atomic E-state index is 13.1. The van der Waals surface area contributed by atoms with Crippen LogP contribution in [0.15, 0.2) is 27.2 Å². The Hall–Kier alpha value is -2.58. The van der Waals surface area contributed by atoms with E-state index >= 15 is 0 Å². The summed E-state index contributed by atoms with van der Waals surface area (Å²) >= 11 is 6.23. The normalized spacial score (nSPS) is 15.8. The van der Waals surface area contributed by atoms with Crippen LogP contribution in [0.2, 0.25) is 5.02 Å². The van der Waals surface area contributed by atoms with E-state index in [0.717, 1.165) is 42.5 Å². The van der Waals surface area contributed by atoms with Gasteiger partial charge in [-0.05, 0) is 32.4 Å². The lowest BCUT2D eigenvalue weighted by molar-refractivity contribution is 0.0726. The second kappa shape index (κ2) is 9.35. The monoisotopic (exact) mass is 473 g/mol. The minimum absolute atomic E-state index is 0.0592. The van der Waals surface area contributed by atoms with Crippen molar-refractivity contribution in [3.05, 3.63) is 57.9 Å². The van der Waals surface area contributed by atoms with Crippen LogP contribution >= 0.6 is 11.6 Å². The number of carbonyl (C=O) groups is 1. The van der Waals surface area contributed by atoms with Gasteiger partial charge in [0, 0.05) is 31.6 Å². The van der Waals surface area contributed by atoms with Gasteiger partial charge in [-0.15, -0.1) is 0 Å². The Labute approximate surface area is 199 Å². The zero-order valence-corrected chi connectivity index (χ0v) is 20.8. The molecule has 8 nitrogen and oxygen atoms in total. The Kier molecular flexibility index (Phi) is 6.68. The molecule has 3 aromatic heterocycles. The van der Waals surface area contributed by atoms with E-state index < -0.39 is 0 Å². The van der Waals surface area contributed by atoms with E-state index in [9.17, 15) is 4.79 Å². The van der Waals surface area contributed by atoms with Gasteiger partial charge >= 0.3 is 0 Å². The highest BCUT2D eigenvalue weighted by atomic mass is 35.5. The van der Waals surface area contributed by atoms with Crippen LogP contribution in [-0.4, -0.2) is 56.7 Å². The van der Waals surface area contributed by atoms with Gasteiger partial charge in [0.2, 0.25) is 5.89 Å². The second-order valence-electron chi connectivity index (χ2n) is 9.70. The van der Waals surface area contributed by atoms with Crippen molar-refractivity contribution in [3.8, 4) is 0 Å². The summed E-state index contributed by atoms with van der Waals surface area (Å²) in [5, 5.41) is 5.09. The molecule has 4 heterocycles. The SMILES string of the molecule is Cc1nn(Cc2ccc(C(=O)N3CCCN(Cc4ncc(C(C)(C)C)o4)CC3)o2)c(C)c1Cl. The van der Waals surface area contributed by atoms with Crippen molar-refractivity contribution in [3.63, 3.8) is 0 Å². The molecular weight excluding hydrogens is 442 g/mol. The lowest BCUT2D eigenvalue weighted by atomic mass is 9.94. The smallest absolute Gasteiger partial charge is 0.289 e. The third-order valence-corrected chi connectivity index (χ3v) is 6.55. The van der Waals surface area contributed by atoms with Gasteiger partial charge in [-0.2, -0.15) is 5.10 Å². The average Bonchev–Trinajstić information content (AvgIpc) is 3.42. The Morgan fingerprint density at radius 1 is 1.09 bits per heavy atom. The van der Waals surface area contributed by atoms with Crippen molar-refractivity contribution >= 4 is 17.5 Å². The molecule has 1 aliphatic rings. The number of aromatic nitrogens is 3. The molecule has 1 fully saturated rings. The molecule has 9 heteroatoms. The van der Waals surface area contributed by atoms with E-state index in [-0.39, 0.29) is 11.3 Å². The van der Waals surface area contributed by atoms with E-state index in [1.807, 2.05) is 31.0 Å². The van der Waals surface area contributed by atoms with Gasteiger partial charge in [0.25, 0.3) is 5.91 Å². The summed E-state index contributed by atoms with van der Waals surface area (Å²) in [5.74, 6) is 2.56. The van der Waals surface area contributed by atoms with Gasteiger partial charge < -0.3 is 13.7 Å². The number of oxazole rings is 1. The molecule has 3 aromatic rings. The standard InChI is InChI=1S/C24H32ClN5O3/c1-16-22(25)17(2)30(27-16)14-18-7-8-19(32-18)23(31)29-10-6-9-28(11-12-29)15-21-26-13-20(33-21)24(3,4)5/h7-8,13H,6,9-12,14-15H2,1-5H3. The molecule has 0 atom stereocenters. The van der Waals surface area contributed by atoms with Gasteiger partial charge in [0.15, 0.2) is 5.76 Å². The first-order valence-corrected chi connectivity index (χ1v) is 11.7. The molecule has 0 saturated carbocycles. The highest BCUT2D eigenvalue weighted by molar-refractivity contribution is 6.31. The Bertz CT molecular complexity index is 1120. The van der Waals surface area contributed by atoms with Gasteiger partial charge in [0.05, 0.1) is 35.7 Å². The molecule has 1 amide bonds. The first-order valence-electron chi connectivity index (χ1n) is 11.4. The number of nitrogens with zero attached hydrogens (tertiary/aromatic N) is 5. The van der Waals surface area contributed by atoms with Crippen molar-refractivity contribution in [2.24, 2.45) is 0 Å². The number of amides is 1. The summed E-state index contributed by atoms with van der Waals surface area (Å²) in [6, 6.07) is 3.57. The van der Waals surface area contributed by atoms with E-state index in [2.05, 4.69) is 35.8 Å². The first kappa shape index (κ1) is 23.6. The molecule has 0 unspecified atom stereocenters. The van der Waals surface area contributed by atoms with Crippen molar-refractivity contribution in [1.29, 1.82) is 0 Å². The van der Waals surface area contributed by atoms with E-state index in [1.165, 1.54) is 0 Å². The average molecular weight is 474 g/mol. The lowest BCUT2D eigenvalue weighted by Crippen LogP contribution is -2.35. The third-order valence-electron chi connectivity index (χ3n) is 6.00. The van der Waals surface area contributed by atoms with E-state index in [0.29, 0.717) is 42.7 Å². The Morgan fingerprint density at radius 2 is 1.88 bits per heavy atom. The van der Waals surface area contributed by atoms with Crippen molar-refractivity contribution in [2.75, 3.05) is 26.2 Å². The molecule has 4 rings (SSSR count). The zero-order valence-electron chi connectivity index (χ0n) is 20.0. The van der Waals surface area contributed by atoms with Crippen LogP contribution in [0, 0.1) is 13.8 Å². The first-order chi connectivity index (χ1) is 15.6.